The molecule has 1 aliphatic heterocycles. The summed E-state index contributed by atoms with van der Waals surface area (Å²) in [6, 6.07) is 5.43. The minimum atomic E-state index is -0.233. The van der Waals surface area contributed by atoms with Crippen LogP contribution in [-0.2, 0) is 0 Å². The van der Waals surface area contributed by atoms with Crippen LogP contribution in [0.15, 0.2) is 23.3 Å². The fourth-order valence-corrected chi connectivity index (χ4v) is 2.19. The Kier molecular flexibility index (Phi) is 5.53. The molecule has 20 heavy (non-hydrogen) atoms. The number of benzene rings is 1. The Morgan fingerprint density at radius 2 is 2.05 bits per heavy atom. The summed E-state index contributed by atoms with van der Waals surface area (Å²) >= 11 is 0. The van der Waals surface area contributed by atoms with Crippen molar-refractivity contribution in [1.29, 1.82) is 0 Å². The van der Waals surface area contributed by atoms with Crippen molar-refractivity contribution in [2.75, 3.05) is 19.8 Å². The summed E-state index contributed by atoms with van der Waals surface area (Å²) in [4.78, 5) is 2.91. The number of hydrogen-bond donors (Lipinski definition) is 1. The lowest BCUT2D eigenvalue weighted by molar-refractivity contribution is 0.281. The van der Waals surface area contributed by atoms with Crippen LogP contribution in [-0.4, -0.2) is 24.9 Å². The minimum absolute atomic E-state index is 0.157. The molecule has 0 bridgehead atoms. The molecule has 0 amide bonds. The summed E-state index contributed by atoms with van der Waals surface area (Å²) in [7, 11) is 0. The zero-order valence-corrected chi connectivity index (χ0v) is 11.4. The SMILES string of the molecule is [N-]=[N+]=NC(CCCCO)c1ccc2c(c1)OCCCO2. The first kappa shape index (κ1) is 14.5. The van der Waals surface area contributed by atoms with Crippen molar-refractivity contribution in [2.24, 2.45) is 5.11 Å². The lowest BCUT2D eigenvalue weighted by Crippen LogP contribution is -1.98. The van der Waals surface area contributed by atoms with Crippen LogP contribution in [0.1, 0.15) is 37.3 Å². The van der Waals surface area contributed by atoms with E-state index in [4.69, 9.17) is 20.1 Å². The largest absolute Gasteiger partial charge is 0.490 e. The summed E-state index contributed by atoms with van der Waals surface area (Å²) in [5.74, 6) is 1.45. The fourth-order valence-electron chi connectivity index (χ4n) is 2.19. The Hall–Kier alpha value is -1.91. The van der Waals surface area contributed by atoms with Crippen molar-refractivity contribution in [2.45, 2.75) is 31.7 Å². The zero-order chi connectivity index (χ0) is 14.2. The third-order valence-electron chi connectivity index (χ3n) is 3.23. The van der Waals surface area contributed by atoms with E-state index in [1.54, 1.807) is 0 Å². The first-order valence-corrected chi connectivity index (χ1v) is 6.89. The van der Waals surface area contributed by atoms with Crippen LogP contribution < -0.4 is 9.47 Å². The maximum Gasteiger partial charge on any atom is 0.161 e. The van der Waals surface area contributed by atoms with Gasteiger partial charge in [-0.3, -0.25) is 0 Å². The van der Waals surface area contributed by atoms with E-state index in [0.717, 1.165) is 24.2 Å². The van der Waals surface area contributed by atoms with Gasteiger partial charge in [-0.05, 0) is 36.1 Å². The highest BCUT2D eigenvalue weighted by atomic mass is 16.5. The van der Waals surface area contributed by atoms with Crippen LogP contribution in [0.3, 0.4) is 0 Å². The third-order valence-corrected chi connectivity index (χ3v) is 3.23. The van der Waals surface area contributed by atoms with Gasteiger partial charge in [0.25, 0.3) is 0 Å². The van der Waals surface area contributed by atoms with E-state index in [2.05, 4.69) is 10.0 Å². The topological polar surface area (TPSA) is 87.5 Å². The lowest BCUT2D eigenvalue weighted by Gasteiger charge is -2.14. The van der Waals surface area contributed by atoms with Crippen molar-refractivity contribution in [1.82, 2.24) is 0 Å². The minimum Gasteiger partial charge on any atom is -0.490 e. The van der Waals surface area contributed by atoms with Gasteiger partial charge in [-0.1, -0.05) is 17.6 Å². The van der Waals surface area contributed by atoms with Gasteiger partial charge in [0.1, 0.15) is 0 Å². The number of fused-ring (bicyclic) bond motifs is 1. The van der Waals surface area contributed by atoms with Crippen LogP contribution in [0, 0.1) is 0 Å². The van der Waals surface area contributed by atoms with Crippen molar-refractivity contribution in [3.05, 3.63) is 34.2 Å². The molecule has 1 aromatic carbocycles. The van der Waals surface area contributed by atoms with E-state index in [1.165, 1.54) is 0 Å². The smallest absolute Gasteiger partial charge is 0.161 e. The zero-order valence-electron chi connectivity index (χ0n) is 11.4. The van der Waals surface area contributed by atoms with Gasteiger partial charge >= 0.3 is 0 Å². The summed E-state index contributed by atoms with van der Waals surface area (Å²) in [5.41, 5.74) is 9.61. The number of aliphatic hydroxyl groups excluding tert-OH is 1. The summed E-state index contributed by atoms with van der Waals surface area (Å²) in [6.07, 6.45) is 3.10. The second-order valence-corrected chi connectivity index (χ2v) is 4.70. The van der Waals surface area contributed by atoms with Crippen LogP contribution in [0.5, 0.6) is 11.5 Å². The average Bonchev–Trinajstić information content (AvgIpc) is 2.71. The first-order chi connectivity index (χ1) is 9.85. The summed E-state index contributed by atoms with van der Waals surface area (Å²) < 4.78 is 11.2. The van der Waals surface area contributed by atoms with Gasteiger partial charge < -0.3 is 14.6 Å². The number of rotatable bonds is 6. The second-order valence-electron chi connectivity index (χ2n) is 4.70. The molecule has 1 atom stereocenters. The molecule has 1 heterocycles. The number of hydrogen-bond acceptors (Lipinski definition) is 4. The maximum atomic E-state index is 8.83. The molecule has 6 heteroatoms. The van der Waals surface area contributed by atoms with E-state index in [0.29, 0.717) is 31.8 Å². The molecule has 0 spiro atoms. The molecule has 1 aromatic rings. The molecular weight excluding hydrogens is 258 g/mol. The molecule has 1 aliphatic rings. The van der Waals surface area contributed by atoms with E-state index in [9.17, 15) is 0 Å². The van der Waals surface area contributed by atoms with Crippen molar-refractivity contribution < 1.29 is 14.6 Å². The van der Waals surface area contributed by atoms with Crippen LogP contribution in [0.4, 0.5) is 0 Å². The highest BCUT2D eigenvalue weighted by Crippen LogP contribution is 2.34. The van der Waals surface area contributed by atoms with E-state index < -0.39 is 0 Å². The lowest BCUT2D eigenvalue weighted by atomic mass is 10.0. The monoisotopic (exact) mass is 277 g/mol. The molecule has 2 rings (SSSR count). The van der Waals surface area contributed by atoms with Gasteiger partial charge in [0, 0.05) is 17.9 Å². The molecule has 0 saturated heterocycles. The summed E-state index contributed by atoms with van der Waals surface area (Å²) in [5, 5.41) is 12.7. The standard InChI is InChI=1S/C14H19N3O3/c15-17-16-12(4-1-2-7-18)11-5-6-13-14(10-11)20-9-3-8-19-13/h5-6,10,12,18H,1-4,7-9H2. The number of aliphatic hydroxyl groups is 1. The van der Waals surface area contributed by atoms with Crippen LogP contribution in [0.2, 0.25) is 0 Å². The van der Waals surface area contributed by atoms with Gasteiger partial charge in [0.15, 0.2) is 11.5 Å². The molecule has 6 nitrogen and oxygen atoms in total. The summed E-state index contributed by atoms with van der Waals surface area (Å²) in [6.45, 7) is 1.44. The van der Waals surface area contributed by atoms with E-state index in [-0.39, 0.29) is 12.6 Å². The highest BCUT2D eigenvalue weighted by Gasteiger charge is 2.15. The predicted octanol–water partition coefficient (Wildman–Crippen LogP) is 3.36. The van der Waals surface area contributed by atoms with Crippen LogP contribution in [0.25, 0.3) is 10.4 Å². The van der Waals surface area contributed by atoms with Gasteiger partial charge in [-0.15, -0.1) is 0 Å². The van der Waals surface area contributed by atoms with Gasteiger partial charge in [-0.25, -0.2) is 0 Å². The van der Waals surface area contributed by atoms with E-state index in [1.807, 2.05) is 18.2 Å². The molecule has 1 N–H and O–H groups in total. The highest BCUT2D eigenvalue weighted by molar-refractivity contribution is 5.44. The van der Waals surface area contributed by atoms with E-state index >= 15 is 0 Å². The quantitative estimate of drug-likeness (QED) is 0.374. The molecule has 0 aliphatic carbocycles. The Morgan fingerprint density at radius 3 is 2.80 bits per heavy atom. The predicted molar refractivity (Wildman–Crippen MR) is 74.9 cm³/mol. The number of azide groups is 1. The number of unbranched alkanes of at least 4 members (excludes halogenated alkanes) is 1. The molecule has 0 saturated carbocycles. The molecule has 0 fully saturated rings. The Morgan fingerprint density at radius 1 is 1.25 bits per heavy atom. The molecule has 0 aromatic heterocycles. The number of ether oxygens (including phenoxy) is 2. The number of nitrogens with zero attached hydrogens (tertiary/aromatic N) is 3. The Labute approximate surface area is 118 Å². The third kappa shape index (κ3) is 3.79. The van der Waals surface area contributed by atoms with Crippen LogP contribution >= 0.6 is 0 Å². The van der Waals surface area contributed by atoms with Gasteiger partial charge in [0.2, 0.25) is 0 Å². The fraction of sp³-hybridized carbons (Fsp3) is 0.571. The Bertz CT molecular complexity index is 487. The normalized spacial score (nSPS) is 15.1. The molecule has 0 radical (unpaired) electrons. The van der Waals surface area contributed by atoms with Gasteiger partial charge in [-0.2, -0.15) is 0 Å². The molecular formula is C14H19N3O3. The molecule has 1 unspecified atom stereocenters. The van der Waals surface area contributed by atoms with Crippen molar-refractivity contribution in [3.63, 3.8) is 0 Å². The van der Waals surface area contributed by atoms with Crippen molar-refractivity contribution >= 4 is 0 Å². The Balaban J connectivity index is 2.15. The van der Waals surface area contributed by atoms with Crippen molar-refractivity contribution in [3.8, 4) is 11.5 Å². The molecule has 108 valence electrons. The maximum absolute atomic E-state index is 8.83. The van der Waals surface area contributed by atoms with Gasteiger partial charge in [0.05, 0.1) is 19.3 Å². The first-order valence-electron chi connectivity index (χ1n) is 6.89. The second kappa shape index (κ2) is 7.62. The average molecular weight is 277 g/mol.